The zero-order valence-corrected chi connectivity index (χ0v) is 16.2. The van der Waals surface area contributed by atoms with E-state index in [4.69, 9.17) is 4.74 Å². The fourth-order valence-electron chi connectivity index (χ4n) is 3.90. The van der Waals surface area contributed by atoms with Crippen molar-refractivity contribution in [1.82, 2.24) is 9.88 Å². The summed E-state index contributed by atoms with van der Waals surface area (Å²) in [6.07, 6.45) is 5.00. The van der Waals surface area contributed by atoms with Crippen molar-refractivity contribution < 1.29 is 9.84 Å². The topological polar surface area (TPSA) is 45.6 Å². The van der Waals surface area contributed by atoms with Gasteiger partial charge in [-0.1, -0.05) is 36.4 Å². The summed E-state index contributed by atoms with van der Waals surface area (Å²) >= 11 is 0. The van der Waals surface area contributed by atoms with E-state index in [1.54, 1.807) is 19.5 Å². The first-order valence-electron chi connectivity index (χ1n) is 9.75. The Morgan fingerprint density at radius 1 is 1.00 bits per heavy atom. The Balaban J connectivity index is 1.41. The molecule has 4 rings (SSSR count). The van der Waals surface area contributed by atoms with Crippen LogP contribution in [0.3, 0.4) is 0 Å². The number of aliphatic hydroxyl groups is 1. The van der Waals surface area contributed by atoms with Gasteiger partial charge in [0.1, 0.15) is 5.75 Å². The fraction of sp³-hybridized carbons (Fsp3) is 0.292. The zero-order chi connectivity index (χ0) is 19.4. The van der Waals surface area contributed by atoms with Crippen molar-refractivity contribution in [3.8, 4) is 16.9 Å². The monoisotopic (exact) mass is 374 g/mol. The number of nitrogens with zero attached hydrogens (tertiary/aromatic N) is 2. The fourth-order valence-corrected chi connectivity index (χ4v) is 3.90. The van der Waals surface area contributed by atoms with E-state index in [0.717, 1.165) is 43.8 Å². The van der Waals surface area contributed by atoms with Crippen LogP contribution in [0.5, 0.6) is 5.75 Å². The highest BCUT2D eigenvalue weighted by atomic mass is 16.5. The Morgan fingerprint density at radius 3 is 2.46 bits per heavy atom. The Bertz CT molecular complexity index is 901. The molecule has 2 aromatic carbocycles. The molecule has 0 bridgehead atoms. The second-order valence-electron chi connectivity index (χ2n) is 7.48. The minimum atomic E-state index is -0.754. The summed E-state index contributed by atoms with van der Waals surface area (Å²) in [6.45, 7) is 2.64. The van der Waals surface area contributed by atoms with Crippen LogP contribution in [-0.4, -0.2) is 35.2 Å². The first-order valence-corrected chi connectivity index (χ1v) is 9.75. The predicted molar refractivity (Wildman–Crippen MR) is 111 cm³/mol. The molecule has 1 fully saturated rings. The molecule has 0 unspecified atom stereocenters. The lowest BCUT2D eigenvalue weighted by molar-refractivity contribution is -0.0279. The molecule has 0 radical (unpaired) electrons. The highest BCUT2D eigenvalue weighted by Gasteiger charge is 2.34. The van der Waals surface area contributed by atoms with E-state index in [0.29, 0.717) is 0 Å². The maximum absolute atomic E-state index is 11.0. The van der Waals surface area contributed by atoms with Crippen molar-refractivity contribution >= 4 is 0 Å². The number of pyridine rings is 1. The third kappa shape index (κ3) is 4.08. The van der Waals surface area contributed by atoms with Crippen LogP contribution in [0.4, 0.5) is 0 Å². The predicted octanol–water partition coefficient (Wildman–Crippen LogP) is 4.24. The number of likely N-dealkylation sites (tertiary alicyclic amines) is 1. The van der Waals surface area contributed by atoms with Gasteiger partial charge in [0.2, 0.25) is 0 Å². The van der Waals surface area contributed by atoms with Gasteiger partial charge < -0.3 is 9.84 Å². The molecule has 4 heteroatoms. The van der Waals surface area contributed by atoms with Crippen LogP contribution in [0.2, 0.25) is 0 Å². The van der Waals surface area contributed by atoms with Crippen LogP contribution in [0.25, 0.3) is 11.1 Å². The molecule has 0 spiro atoms. The Labute approximate surface area is 166 Å². The number of hydrogen-bond acceptors (Lipinski definition) is 4. The quantitative estimate of drug-likeness (QED) is 0.726. The molecule has 1 aliphatic heterocycles. The minimum absolute atomic E-state index is 0.733. The highest BCUT2D eigenvalue weighted by molar-refractivity contribution is 5.64. The van der Waals surface area contributed by atoms with E-state index in [-0.39, 0.29) is 0 Å². The average molecular weight is 374 g/mol. The molecule has 4 nitrogen and oxygen atoms in total. The number of rotatable bonds is 5. The van der Waals surface area contributed by atoms with Crippen LogP contribution >= 0.6 is 0 Å². The largest absolute Gasteiger partial charge is 0.497 e. The summed E-state index contributed by atoms with van der Waals surface area (Å²) in [7, 11) is 1.68. The van der Waals surface area contributed by atoms with Crippen LogP contribution in [0.15, 0.2) is 73.1 Å². The van der Waals surface area contributed by atoms with Crippen LogP contribution in [-0.2, 0) is 12.1 Å². The normalized spacial score (nSPS) is 16.6. The minimum Gasteiger partial charge on any atom is -0.497 e. The Morgan fingerprint density at radius 2 is 1.79 bits per heavy atom. The standard InChI is InChI=1S/C24H26N2O2/c1-28-23-9-7-20(8-10-23)21-5-2-4-19(16-21)18-26-14-11-24(27,12-15-26)22-6-3-13-25-17-22/h2-10,13,16-17,27H,11-12,14-15,18H2,1H3. The second-order valence-corrected chi connectivity index (χ2v) is 7.48. The van der Waals surface area contributed by atoms with Gasteiger partial charge in [0.15, 0.2) is 0 Å². The summed E-state index contributed by atoms with van der Waals surface area (Å²) in [5.74, 6) is 0.870. The number of methoxy groups -OCH3 is 1. The number of piperidine rings is 1. The summed E-state index contributed by atoms with van der Waals surface area (Å²) < 4.78 is 5.25. The van der Waals surface area contributed by atoms with Crippen molar-refractivity contribution in [3.63, 3.8) is 0 Å². The van der Waals surface area contributed by atoms with E-state index in [9.17, 15) is 5.11 Å². The lowest BCUT2D eigenvalue weighted by atomic mass is 9.85. The third-order valence-electron chi connectivity index (χ3n) is 5.64. The number of ether oxygens (including phenoxy) is 1. The average Bonchev–Trinajstić information content (AvgIpc) is 2.76. The Kier molecular flexibility index (Phi) is 5.42. The van der Waals surface area contributed by atoms with Crippen molar-refractivity contribution in [2.24, 2.45) is 0 Å². The van der Waals surface area contributed by atoms with E-state index < -0.39 is 5.60 Å². The molecule has 1 N–H and O–H groups in total. The molecule has 3 aromatic rings. The second kappa shape index (κ2) is 8.13. The molecule has 144 valence electrons. The maximum Gasteiger partial charge on any atom is 0.118 e. The molecule has 0 aliphatic carbocycles. The van der Waals surface area contributed by atoms with E-state index in [2.05, 4.69) is 46.3 Å². The lowest BCUT2D eigenvalue weighted by Crippen LogP contribution is -2.42. The first-order chi connectivity index (χ1) is 13.7. The van der Waals surface area contributed by atoms with E-state index >= 15 is 0 Å². The van der Waals surface area contributed by atoms with Gasteiger partial charge >= 0.3 is 0 Å². The van der Waals surface area contributed by atoms with Gasteiger partial charge in [0.05, 0.1) is 12.7 Å². The van der Waals surface area contributed by atoms with E-state index in [1.807, 2.05) is 24.3 Å². The molecular formula is C24H26N2O2. The van der Waals surface area contributed by atoms with Gasteiger partial charge in [-0.3, -0.25) is 9.88 Å². The van der Waals surface area contributed by atoms with Gasteiger partial charge in [-0.05, 0) is 53.8 Å². The van der Waals surface area contributed by atoms with Gasteiger partial charge in [-0.2, -0.15) is 0 Å². The van der Waals surface area contributed by atoms with Gasteiger partial charge in [0.25, 0.3) is 0 Å². The molecule has 1 saturated heterocycles. The summed E-state index contributed by atoms with van der Waals surface area (Å²) in [4.78, 5) is 6.57. The van der Waals surface area contributed by atoms with Crippen molar-refractivity contribution in [1.29, 1.82) is 0 Å². The number of aromatic nitrogens is 1. The molecule has 0 atom stereocenters. The van der Waals surface area contributed by atoms with Crippen molar-refractivity contribution in [2.75, 3.05) is 20.2 Å². The molecule has 2 heterocycles. The molecule has 28 heavy (non-hydrogen) atoms. The van der Waals surface area contributed by atoms with E-state index in [1.165, 1.54) is 16.7 Å². The van der Waals surface area contributed by atoms with Gasteiger partial charge in [-0.15, -0.1) is 0 Å². The van der Waals surface area contributed by atoms with Crippen LogP contribution in [0, 0.1) is 0 Å². The van der Waals surface area contributed by atoms with Crippen LogP contribution in [0.1, 0.15) is 24.0 Å². The van der Waals surface area contributed by atoms with Gasteiger partial charge in [-0.25, -0.2) is 0 Å². The number of hydrogen-bond donors (Lipinski definition) is 1. The van der Waals surface area contributed by atoms with Crippen molar-refractivity contribution in [2.45, 2.75) is 25.0 Å². The summed E-state index contributed by atoms with van der Waals surface area (Å²) in [5, 5.41) is 11.0. The summed E-state index contributed by atoms with van der Waals surface area (Å²) in [6, 6.07) is 20.7. The number of benzene rings is 2. The smallest absolute Gasteiger partial charge is 0.118 e. The van der Waals surface area contributed by atoms with Crippen molar-refractivity contribution in [3.05, 3.63) is 84.2 Å². The molecule has 0 saturated carbocycles. The lowest BCUT2D eigenvalue weighted by Gasteiger charge is -2.38. The first kappa shape index (κ1) is 18.7. The Hall–Kier alpha value is -2.69. The highest BCUT2D eigenvalue weighted by Crippen LogP contribution is 2.33. The molecule has 1 aliphatic rings. The van der Waals surface area contributed by atoms with Crippen LogP contribution < -0.4 is 4.74 Å². The third-order valence-corrected chi connectivity index (χ3v) is 5.64. The zero-order valence-electron chi connectivity index (χ0n) is 16.2. The summed E-state index contributed by atoms with van der Waals surface area (Å²) in [5.41, 5.74) is 3.86. The molecule has 1 aromatic heterocycles. The van der Waals surface area contributed by atoms with Gasteiger partial charge in [0, 0.05) is 37.6 Å². The maximum atomic E-state index is 11.0. The molecular weight excluding hydrogens is 348 g/mol. The SMILES string of the molecule is COc1ccc(-c2cccc(CN3CCC(O)(c4cccnc4)CC3)c2)cc1. The molecule has 0 amide bonds.